The zero-order chi connectivity index (χ0) is 96.6. The molecule has 0 fully saturated rings. The maximum atomic E-state index is 2.58. The number of hydrogen-bond donors (Lipinski definition) is 0. The molecule has 0 bridgehead atoms. The van der Waals surface area contributed by atoms with Crippen LogP contribution in [0.15, 0.2) is 412 Å². The Morgan fingerprint density at radius 1 is 0.233 bits per heavy atom. The van der Waals surface area contributed by atoms with E-state index in [2.05, 4.69) is 504 Å². The maximum Gasteiger partial charge on any atom is 0.273 e. The minimum absolute atomic E-state index is 0.0879. The molecule has 1 aliphatic carbocycles. The smallest absolute Gasteiger partial charge is 0.273 e. The van der Waals surface area contributed by atoms with Crippen LogP contribution < -0.4 is 73.5 Å². The van der Waals surface area contributed by atoms with Crippen molar-refractivity contribution >= 4 is 267 Å². The standard InChI is InChI=1S/C36H26BN3.C33H27BN2.C32H17BN2S.C30H21BN2S/c1-23-24(2)38-31-21-12-22-32-33(31)37(29-19-11-18-27(23)34(29)38)36-35(39(32)25-13-5-3-6-14-25)28-17-9-10-20-30(28)40(36)26-15-7-4-8-16-26;1-20-21(2)35-27-18-11-19-28-29(27)34(26-17-10-15-23(20)30(26)35)32-31(36(28)22-12-6-5-7-13-22)24-14-8-9-16-25(24)33(32,3)4;1-5-13-24-18(9-1)21-17-22-19-10-2-6-14-25(19)35-30(22)28-29(21)34(24)26-15-7-4-12-23(26)33(28)32-31(35)20-11-3-8-16-27(20)36-32;1-18-19(2)32-24-15-9-16-25-27(24)31(23-14-8-13-21(18)28(23)32)30-29(22-12-6-7-17-26(22)34-30)33(25)20-10-4-3-5-11-20/h3-22H,1-2H3;5-19H,1-4H3;1-17H;3-17H,1-2H3. The number of benzene rings is 18. The minimum atomic E-state index is -0.0879. The third kappa shape index (κ3) is 10.6. The normalized spacial score (nSPS) is 14.1. The summed E-state index contributed by atoms with van der Waals surface area (Å²) in [7, 11) is 0. The van der Waals surface area contributed by atoms with E-state index >= 15 is 0 Å². The Morgan fingerprint density at radius 3 is 1.14 bits per heavy atom. The zero-order valence-corrected chi connectivity index (χ0v) is 83.5. The van der Waals surface area contributed by atoms with Crippen LogP contribution in [0.2, 0.25) is 0 Å². The van der Waals surface area contributed by atoms with Crippen molar-refractivity contribution in [3.05, 3.63) is 457 Å². The molecule has 0 atom stereocenters. The van der Waals surface area contributed by atoms with Crippen LogP contribution in [0.4, 0.5) is 45.5 Å². The number of hydrogen-bond acceptors (Lipinski definition) is 5. The van der Waals surface area contributed by atoms with Gasteiger partial charge >= 0.3 is 0 Å². The summed E-state index contributed by atoms with van der Waals surface area (Å²) in [6.45, 7) is 19.3. The van der Waals surface area contributed by atoms with Crippen molar-refractivity contribution in [2.45, 2.75) is 60.8 Å². The van der Waals surface area contributed by atoms with Crippen molar-refractivity contribution in [2.24, 2.45) is 0 Å². The molecule has 35 rings (SSSR count). The average molecular weight is 1900 g/mol. The predicted octanol–water partition coefficient (Wildman–Crippen LogP) is 25.7. The van der Waals surface area contributed by atoms with Crippen LogP contribution in [0.3, 0.4) is 0 Å². The van der Waals surface area contributed by atoms with Gasteiger partial charge in [-0.15, -0.1) is 22.7 Å². The van der Waals surface area contributed by atoms with Gasteiger partial charge in [0, 0.05) is 191 Å². The van der Waals surface area contributed by atoms with E-state index < -0.39 is 0 Å². The van der Waals surface area contributed by atoms with Gasteiger partial charge in [-0.2, -0.15) is 0 Å². The van der Waals surface area contributed by atoms with E-state index in [9.17, 15) is 0 Å². The zero-order valence-electron chi connectivity index (χ0n) is 81.8. The van der Waals surface area contributed by atoms with Crippen LogP contribution in [0.1, 0.15) is 58.7 Å². The highest BCUT2D eigenvalue weighted by molar-refractivity contribution is 7.34. The molecule has 0 spiro atoms. The van der Waals surface area contributed by atoms with Gasteiger partial charge in [-0.05, 0) is 235 Å². The van der Waals surface area contributed by atoms with Crippen LogP contribution in [-0.2, 0) is 5.41 Å². The fraction of sp³-hybridized carbons (Fsp3) is 0.0687. The summed E-state index contributed by atoms with van der Waals surface area (Å²) >= 11 is 3.93. The van der Waals surface area contributed by atoms with Crippen molar-refractivity contribution < 1.29 is 0 Å². The molecule has 146 heavy (non-hydrogen) atoms. The first-order valence-corrected chi connectivity index (χ1v) is 52.9. The number of aryl methyl sites for hydroxylation is 3. The quantitative estimate of drug-likeness (QED) is 0.165. The van der Waals surface area contributed by atoms with E-state index in [1.807, 2.05) is 22.7 Å². The lowest BCUT2D eigenvalue weighted by Crippen LogP contribution is -2.62. The number of fused-ring (bicyclic) bond motifs is 31. The molecule has 0 unspecified atom stereocenters. The summed E-state index contributed by atoms with van der Waals surface area (Å²) in [5.41, 5.74) is 54.9. The molecule has 0 saturated carbocycles. The fourth-order valence-corrected chi connectivity index (χ4v) is 30.9. The van der Waals surface area contributed by atoms with E-state index in [0.717, 1.165) is 0 Å². The highest BCUT2D eigenvalue weighted by Gasteiger charge is 2.54. The molecule has 18 aromatic carbocycles. The van der Waals surface area contributed by atoms with Gasteiger partial charge in [0.05, 0.1) is 44.6 Å². The van der Waals surface area contributed by atoms with Gasteiger partial charge in [-0.1, -0.05) is 298 Å². The molecule has 0 N–H and O–H groups in total. The summed E-state index contributed by atoms with van der Waals surface area (Å²) in [6, 6.07) is 150. The molecular weight excluding hydrogens is 1810 g/mol. The Balaban J connectivity index is 0.0000000868. The Morgan fingerprint density at radius 2 is 0.589 bits per heavy atom. The van der Waals surface area contributed by atoms with Gasteiger partial charge < -0.3 is 42.1 Å². The van der Waals surface area contributed by atoms with Crippen LogP contribution in [0.25, 0.3) is 147 Å². The molecule has 15 heteroatoms. The summed E-state index contributed by atoms with van der Waals surface area (Å²) < 4.78 is 20.8. The molecule has 8 aliphatic heterocycles. The number of para-hydroxylation sites is 11. The number of anilines is 8. The van der Waals surface area contributed by atoms with E-state index in [0.29, 0.717) is 0 Å². The van der Waals surface area contributed by atoms with E-state index in [4.69, 9.17) is 0 Å². The van der Waals surface area contributed by atoms with Gasteiger partial charge in [0.15, 0.2) is 0 Å². The summed E-state index contributed by atoms with van der Waals surface area (Å²) in [6.07, 6.45) is 0. The molecule has 9 nitrogen and oxygen atoms in total. The van der Waals surface area contributed by atoms with Gasteiger partial charge in [0.1, 0.15) is 0 Å². The molecule has 16 heterocycles. The van der Waals surface area contributed by atoms with Crippen molar-refractivity contribution in [1.29, 1.82) is 0 Å². The van der Waals surface area contributed by atoms with E-state index in [1.54, 1.807) is 0 Å². The van der Waals surface area contributed by atoms with Crippen molar-refractivity contribution in [3.63, 3.8) is 0 Å². The van der Waals surface area contributed by atoms with Crippen molar-refractivity contribution in [3.8, 4) is 34.1 Å². The summed E-state index contributed by atoms with van der Waals surface area (Å²) in [4.78, 5) is 7.54. The average Bonchev–Trinajstić information content (AvgIpc) is 1.49. The first-order valence-electron chi connectivity index (χ1n) is 51.3. The predicted molar refractivity (Wildman–Crippen MR) is 624 cm³/mol. The SMILES string of the molecule is Cc1c(C)n2c3c(cccc13)B1C3=C(c4ccccc4C3(C)C)N(c3ccccc3)c3cccc-2c31.Cc1c(C)n2c3c(cccc13)B1c3c(cccc3-2)N(c2ccccc2)c2c1n(-c1ccccc1)c1ccccc21.Cc1c(C)n2c3c(cccc13)B1c3sc4ccccc4c3N(c3ccccc3)c3cccc-2c31.c1ccc2c(c1)B1c3sc4ccccc4c3-n3c4ccccc4c4cc5c6ccccc6n-2c5c1c43. The molecule has 0 amide bonds. The second-order valence-corrected chi connectivity index (χ2v) is 43.7. The third-order valence-electron chi connectivity index (χ3n) is 34.4. The van der Waals surface area contributed by atoms with Gasteiger partial charge in [-0.25, -0.2) is 0 Å². The van der Waals surface area contributed by atoms with Crippen LogP contribution in [0.5, 0.6) is 0 Å². The number of thiophene rings is 2. The topological polar surface area (TPSA) is 39.3 Å². The first-order chi connectivity index (χ1) is 71.9. The largest absolute Gasteiger partial charge is 0.319 e. The highest BCUT2D eigenvalue weighted by atomic mass is 32.1. The van der Waals surface area contributed by atoms with E-state index in [-0.39, 0.29) is 32.3 Å². The Kier molecular flexibility index (Phi) is 17.0. The second kappa shape index (κ2) is 30.1. The Hall–Kier alpha value is -17.0. The Labute approximate surface area is 854 Å². The van der Waals surface area contributed by atoms with E-state index in [1.165, 1.54) is 302 Å². The minimum Gasteiger partial charge on any atom is -0.319 e. The highest BCUT2D eigenvalue weighted by Crippen LogP contribution is 2.57. The lowest BCUT2D eigenvalue weighted by molar-refractivity contribution is 0.666. The van der Waals surface area contributed by atoms with Gasteiger partial charge in [-0.3, -0.25) is 0 Å². The second-order valence-electron chi connectivity index (χ2n) is 41.6. The first kappa shape index (κ1) is 82.6. The molecule has 26 aromatic rings. The number of rotatable bonds is 4. The van der Waals surface area contributed by atoms with Gasteiger partial charge in [0.25, 0.3) is 20.1 Å². The monoisotopic (exact) mass is 1900 g/mol. The summed E-state index contributed by atoms with van der Waals surface area (Å²) in [5.74, 6) is 0. The maximum absolute atomic E-state index is 2.58. The van der Waals surface area contributed by atoms with Gasteiger partial charge in [0.2, 0.25) is 6.71 Å². The number of allylic oxidation sites excluding steroid dienone is 1. The fourth-order valence-electron chi connectivity index (χ4n) is 28.3. The molecule has 9 aliphatic rings. The molecule has 0 radical (unpaired) electrons. The molecule has 8 aromatic heterocycles. The third-order valence-corrected chi connectivity index (χ3v) is 36.9. The molecule has 684 valence electrons. The van der Waals surface area contributed by atoms with Crippen LogP contribution in [-0.4, -0.2) is 54.3 Å². The summed E-state index contributed by atoms with van der Waals surface area (Å²) in [5, 5.41) is 13.4. The van der Waals surface area contributed by atoms with Crippen LogP contribution >= 0.6 is 22.7 Å². The van der Waals surface area contributed by atoms with Crippen molar-refractivity contribution in [1.82, 2.24) is 27.4 Å². The Bertz CT molecular complexity index is 10300. The number of aromatic nitrogens is 6. The lowest BCUT2D eigenvalue weighted by Gasteiger charge is -2.42. The van der Waals surface area contributed by atoms with Crippen LogP contribution in [0, 0.1) is 41.5 Å². The lowest BCUT2D eigenvalue weighted by atomic mass is 9.30. The van der Waals surface area contributed by atoms with Crippen molar-refractivity contribution in [2.75, 3.05) is 14.7 Å². The number of nitrogens with zero attached hydrogens (tertiary/aromatic N) is 9. The molecular formula is C131H91B4N9S2. The molecule has 0 saturated heterocycles.